The predicted molar refractivity (Wildman–Crippen MR) is 173 cm³/mol. The van der Waals surface area contributed by atoms with Crippen LogP contribution in [0.25, 0.3) is 11.4 Å². The molecule has 0 aliphatic rings. The molecular weight excluding hydrogens is 568 g/mol. The number of nitrogens with two attached hydrogens (primary N) is 1. The van der Waals surface area contributed by atoms with Crippen molar-refractivity contribution in [3.8, 4) is 28.6 Å². The van der Waals surface area contributed by atoms with Gasteiger partial charge in [0.15, 0.2) is 0 Å². The van der Waals surface area contributed by atoms with Gasteiger partial charge in [-0.15, -0.1) is 0 Å². The van der Waals surface area contributed by atoms with E-state index in [1.54, 1.807) is 24.4 Å². The Kier molecular flexibility index (Phi) is 10.8. The Labute approximate surface area is 263 Å². The molecule has 0 saturated heterocycles. The number of aliphatic hydroxyl groups is 1. The van der Waals surface area contributed by atoms with Crippen molar-refractivity contribution in [2.45, 2.75) is 19.3 Å². The molecule has 0 saturated carbocycles. The molecule has 0 aliphatic carbocycles. The fraction of sp³-hybridized carbons (Fsp3) is 0.222. The van der Waals surface area contributed by atoms with E-state index in [1.807, 2.05) is 103 Å². The van der Waals surface area contributed by atoms with Crippen LogP contribution in [0.3, 0.4) is 0 Å². The fourth-order valence-corrected chi connectivity index (χ4v) is 4.91. The lowest BCUT2D eigenvalue weighted by Gasteiger charge is -2.25. The maximum Gasteiger partial charge on any atom is 0.252 e. The minimum Gasteiger partial charge on any atom is -0.492 e. The number of primary amides is 1. The number of hydrogen-bond donors (Lipinski definition) is 2. The fourth-order valence-electron chi connectivity index (χ4n) is 4.91. The summed E-state index contributed by atoms with van der Waals surface area (Å²) in [5.74, 6) is 1.86. The van der Waals surface area contributed by atoms with Crippen molar-refractivity contribution in [3.05, 3.63) is 132 Å². The van der Waals surface area contributed by atoms with Gasteiger partial charge in [0.25, 0.3) is 5.91 Å². The molecule has 3 N–H and O–H groups in total. The van der Waals surface area contributed by atoms with Gasteiger partial charge in [0.2, 0.25) is 0 Å². The summed E-state index contributed by atoms with van der Waals surface area (Å²) in [4.78, 5) is 18.7. The zero-order valence-electron chi connectivity index (χ0n) is 25.3. The van der Waals surface area contributed by atoms with E-state index in [4.69, 9.17) is 19.9 Å². The summed E-state index contributed by atoms with van der Waals surface area (Å²) in [6, 6.07) is 32.5. The van der Waals surface area contributed by atoms with E-state index in [0.717, 1.165) is 22.5 Å². The third-order valence-corrected chi connectivity index (χ3v) is 7.22. The Morgan fingerprint density at radius 3 is 2.24 bits per heavy atom. The van der Waals surface area contributed by atoms with E-state index in [0.29, 0.717) is 50.1 Å². The van der Waals surface area contributed by atoms with Crippen molar-refractivity contribution in [1.29, 1.82) is 0 Å². The number of benzene rings is 4. The molecule has 9 nitrogen and oxygen atoms in total. The van der Waals surface area contributed by atoms with E-state index >= 15 is 0 Å². The maximum atomic E-state index is 12.2. The van der Waals surface area contributed by atoms with Gasteiger partial charge in [0, 0.05) is 44.6 Å². The quantitative estimate of drug-likeness (QED) is 0.161. The van der Waals surface area contributed by atoms with Gasteiger partial charge >= 0.3 is 0 Å². The van der Waals surface area contributed by atoms with Crippen molar-refractivity contribution < 1.29 is 24.1 Å². The molecule has 0 bridgehead atoms. The number of rotatable bonds is 16. The third-order valence-electron chi connectivity index (χ3n) is 7.22. The summed E-state index contributed by atoms with van der Waals surface area (Å²) in [6.45, 7) is 2.32. The second kappa shape index (κ2) is 15.6. The molecule has 0 aliphatic heterocycles. The number of aliphatic hydroxyl groups excluding tert-OH is 1. The molecule has 0 radical (unpaired) electrons. The Bertz CT molecular complexity index is 1640. The first-order valence-corrected chi connectivity index (χ1v) is 14.8. The number of aryl methyl sites for hydroxylation is 1. The van der Waals surface area contributed by atoms with Crippen molar-refractivity contribution in [2.24, 2.45) is 12.8 Å². The Hall–Kier alpha value is -5.12. The number of imidazole rings is 1. The van der Waals surface area contributed by atoms with Crippen LogP contribution in [0.5, 0.6) is 17.2 Å². The molecule has 0 fully saturated rings. The summed E-state index contributed by atoms with van der Waals surface area (Å²) in [5, 5.41) is 10.9. The third kappa shape index (κ3) is 9.18. The molecule has 1 heterocycles. The molecule has 9 heteroatoms. The lowest BCUT2D eigenvalue weighted by atomic mass is 10.1. The van der Waals surface area contributed by atoms with Gasteiger partial charge in [-0.25, -0.2) is 4.98 Å². The topological polar surface area (TPSA) is 112 Å². The van der Waals surface area contributed by atoms with Crippen LogP contribution in [0.2, 0.25) is 0 Å². The highest BCUT2D eigenvalue weighted by molar-refractivity contribution is 5.96. The van der Waals surface area contributed by atoms with Crippen molar-refractivity contribution >= 4 is 5.91 Å². The predicted octanol–water partition coefficient (Wildman–Crippen LogP) is 5.09. The highest BCUT2D eigenvalue weighted by atomic mass is 16.5. The molecule has 1 atom stereocenters. The first-order valence-electron chi connectivity index (χ1n) is 14.8. The number of aromatic nitrogens is 2. The summed E-state index contributed by atoms with van der Waals surface area (Å²) < 4.78 is 19.7. The van der Waals surface area contributed by atoms with Crippen LogP contribution in [0.4, 0.5) is 0 Å². The Balaban J connectivity index is 1.16. The largest absolute Gasteiger partial charge is 0.492 e. The number of ether oxygens (including phenoxy) is 3. The molecule has 0 spiro atoms. The van der Waals surface area contributed by atoms with Gasteiger partial charge in [0.1, 0.15) is 49.0 Å². The maximum absolute atomic E-state index is 12.2. The number of carbonyl (C=O) groups excluding carboxylic acids is 1. The van der Waals surface area contributed by atoms with Crippen LogP contribution < -0.4 is 19.9 Å². The van der Waals surface area contributed by atoms with Gasteiger partial charge in [-0.3, -0.25) is 9.69 Å². The molecule has 5 aromatic rings. The second-order valence-electron chi connectivity index (χ2n) is 10.7. The van der Waals surface area contributed by atoms with Crippen LogP contribution in [0, 0.1) is 0 Å². The van der Waals surface area contributed by atoms with Gasteiger partial charge < -0.3 is 29.6 Å². The molecule has 4 aromatic carbocycles. The summed E-state index contributed by atoms with van der Waals surface area (Å²) in [7, 11) is 1.95. The molecule has 1 unspecified atom stereocenters. The standard InChI is InChI=1S/C36H38N4O5/c1-39-19-18-38-36(39)29-12-14-31(15-13-29)44-26-30(41)24-40(23-27-8-4-2-5-9-27)20-21-43-32-16-17-34(33(22-32)35(37)42)45-25-28-10-6-3-7-11-28/h2-19,22,30,41H,20-21,23-26H2,1H3,(H2,37,42). The minimum atomic E-state index is -0.731. The van der Waals surface area contributed by atoms with Gasteiger partial charge in [-0.1, -0.05) is 60.7 Å². The van der Waals surface area contributed by atoms with E-state index < -0.39 is 12.0 Å². The normalized spacial score (nSPS) is 11.7. The molecule has 232 valence electrons. The Morgan fingerprint density at radius 2 is 1.58 bits per heavy atom. The van der Waals surface area contributed by atoms with Crippen molar-refractivity contribution in [1.82, 2.24) is 14.5 Å². The average Bonchev–Trinajstić information content (AvgIpc) is 3.49. The van der Waals surface area contributed by atoms with E-state index in [1.165, 1.54) is 0 Å². The molecule has 1 amide bonds. The van der Waals surface area contributed by atoms with E-state index in [-0.39, 0.29) is 12.2 Å². The van der Waals surface area contributed by atoms with Crippen LogP contribution in [-0.4, -0.2) is 57.9 Å². The SMILES string of the molecule is Cn1ccnc1-c1ccc(OCC(O)CN(CCOc2ccc(OCc3ccccc3)c(C(N)=O)c2)Cc2ccccc2)cc1. The number of nitrogens with zero attached hydrogens (tertiary/aromatic N) is 3. The first kappa shape index (κ1) is 31.3. The monoisotopic (exact) mass is 606 g/mol. The smallest absolute Gasteiger partial charge is 0.252 e. The van der Waals surface area contributed by atoms with Crippen LogP contribution in [0.1, 0.15) is 21.5 Å². The lowest BCUT2D eigenvalue weighted by molar-refractivity contribution is 0.0605. The second-order valence-corrected chi connectivity index (χ2v) is 10.7. The van der Waals surface area contributed by atoms with Crippen LogP contribution in [-0.2, 0) is 20.2 Å². The summed E-state index contributed by atoms with van der Waals surface area (Å²) in [6.07, 6.45) is 2.93. The number of carbonyl (C=O) groups is 1. The van der Waals surface area contributed by atoms with E-state index in [2.05, 4.69) is 9.88 Å². The van der Waals surface area contributed by atoms with Gasteiger partial charge in [-0.05, 0) is 53.6 Å². The summed E-state index contributed by atoms with van der Waals surface area (Å²) in [5.41, 5.74) is 8.99. The highest BCUT2D eigenvalue weighted by Crippen LogP contribution is 2.25. The van der Waals surface area contributed by atoms with E-state index in [9.17, 15) is 9.90 Å². The molecule has 1 aromatic heterocycles. The number of hydrogen-bond acceptors (Lipinski definition) is 7. The van der Waals surface area contributed by atoms with Crippen LogP contribution in [0.15, 0.2) is 116 Å². The van der Waals surface area contributed by atoms with Crippen molar-refractivity contribution in [3.63, 3.8) is 0 Å². The number of amides is 1. The zero-order valence-corrected chi connectivity index (χ0v) is 25.3. The first-order chi connectivity index (χ1) is 21.9. The Morgan fingerprint density at radius 1 is 0.889 bits per heavy atom. The zero-order chi connectivity index (χ0) is 31.4. The molecule has 45 heavy (non-hydrogen) atoms. The lowest BCUT2D eigenvalue weighted by Crippen LogP contribution is -2.37. The van der Waals surface area contributed by atoms with Gasteiger partial charge in [0.05, 0.1) is 5.56 Å². The summed E-state index contributed by atoms with van der Waals surface area (Å²) >= 11 is 0. The highest BCUT2D eigenvalue weighted by Gasteiger charge is 2.16. The van der Waals surface area contributed by atoms with Gasteiger partial charge in [-0.2, -0.15) is 0 Å². The van der Waals surface area contributed by atoms with Crippen LogP contribution >= 0.6 is 0 Å². The molecule has 5 rings (SSSR count). The van der Waals surface area contributed by atoms with Crippen molar-refractivity contribution in [2.75, 3.05) is 26.3 Å². The minimum absolute atomic E-state index is 0.139. The molecular formula is C36H38N4O5. The average molecular weight is 607 g/mol.